The molecule has 1 amide bonds. The summed E-state index contributed by atoms with van der Waals surface area (Å²) in [4.78, 5) is 22.7. The predicted octanol–water partition coefficient (Wildman–Crippen LogP) is 0.670. The average molecular weight is 286 g/mol. The lowest BCUT2D eigenvalue weighted by Gasteiger charge is -2.13. The average Bonchev–Trinajstić information content (AvgIpc) is 2.34. The topological polar surface area (TPSA) is 104 Å². The fourth-order valence-electron chi connectivity index (χ4n) is 1.47. The molecular weight excluding hydrogens is 270 g/mol. The summed E-state index contributed by atoms with van der Waals surface area (Å²) in [6.45, 7) is 0.640. The third kappa shape index (κ3) is 5.69. The lowest BCUT2D eigenvalue weighted by atomic mass is 10.2. The lowest BCUT2D eigenvalue weighted by Crippen LogP contribution is -2.41. The summed E-state index contributed by atoms with van der Waals surface area (Å²) in [6.07, 6.45) is -0.179. The Bertz CT molecular complexity index is 454. The first-order valence-electron chi connectivity index (χ1n) is 5.74. The highest BCUT2D eigenvalue weighted by Crippen LogP contribution is 2.15. The van der Waals surface area contributed by atoms with E-state index in [4.69, 9.17) is 22.4 Å². The van der Waals surface area contributed by atoms with Crippen LogP contribution in [0.5, 0.6) is 0 Å². The number of nitrogens with one attached hydrogen (secondary N) is 2. The number of amides is 1. The molecule has 0 unspecified atom stereocenters. The zero-order chi connectivity index (χ0) is 14.3. The highest BCUT2D eigenvalue weighted by Gasteiger charge is 2.20. The molecule has 0 heterocycles. The molecule has 104 valence electrons. The maximum Gasteiger partial charge on any atom is 0.321 e. The summed E-state index contributed by atoms with van der Waals surface area (Å²) in [6, 6.07) is 5.68. The molecule has 5 N–H and O–H groups in total. The molecule has 0 aliphatic rings. The number of carboxylic acids is 1. The molecule has 6 nitrogen and oxygen atoms in total. The number of anilines is 1. The van der Waals surface area contributed by atoms with E-state index in [0.717, 1.165) is 0 Å². The van der Waals surface area contributed by atoms with Crippen LogP contribution in [0.25, 0.3) is 0 Å². The number of carbonyl (C=O) groups excluding carboxylic acids is 1. The molecule has 1 atom stereocenters. The molecule has 1 aromatic carbocycles. The van der Waals surface area contributed by atoms with Crippen molar-refractivity contribution in [3.8, 4) is 0 Å². The second kappa shape index (κ2) is 7.73. The first-order chi connectivity index (χ1) is 9.02. The highest BCUT2D eigenvalue weighted by atomic mass is 35.5. The Balaban J connectivity index is 2.55. The van der Waals surface area contributed by atoms with Crippen molar-refractivity contribution in [1.29, 1.82) is 0 Å². The Morgan fingerprint density at radius 3 is 2.74 bits per heavy atom. The van der Waals surface area contributed by atoms with Crippen LogP contribution in [0.15, 0.2) is 24.3 Å². The van der Waals surface area contributed by atoms with Crippen molar-refractivity contribution in [2.45, 2.75) is 12.5 Å². The Morgan fingerprint density at radius 1 is 1.42 bits per heavy atom. The fraction of sp³-hybridized carbons (Fsp3) is 0.333. The van der Waals surface area contributed by atoms with Crippen molar-refractivity contribution in [1.82, 2.24) is 5.32 Å². The van der Waals surface area contributed by atoms with Gasteiger partial charge in [0.05, 0.1) is 6.42 Å². The van der Waals surface area contributed by atoms with E-state index in [1.54, 1.807) is 24.3 Å². The summed E-state index contributed by atoms with van der Waals surface area (Å²) in [7, 11) is 0. The van der Waals surface area contributed by atoms with E-state index in [1.165, 1.54) is 0 Å². The van der Waals surface area contributed by atoms with E-state index in [2.05, 4.69) is 10.6 Å². The molecule has 7 heteroatoms. The molecule has 1 aromatic rings. The zero-order valence-corrected chi connectivity index (χ0v) is 11.0. The van der Waals surface area contributed by atoms with Crippen molar-refractivity contribution in [3.05, 3.63) is 29.3 Å². The van der Waals surface area contributed by atoms with Gasteiger partial charge in [-0.15, -0.1) is 0 Å². The van der Waals surface area contributed by atoms with Gasteiger partial charge in [-0.25, -0.2) is 0 Å². The third-order valence-electron chi connectivity index (χ3n) is 2.33. The van der Waals surface area contributed by atoms with Gasteiger partial charge in [0.2, 0.25) is 5.91 Å². The number of hydrogen-bond acceptors (Lipinski definition) is 4. The van der Waals surface area contributed by atoms with Crippen LogP contribution in [0, 0.1) is 0 Å². The molecular formula is C12H16ClN3O3. The molecule has 0 bridgehead atoms. The van der Waals surface area contributed by atoms with Crippen molar-refractivity contribution >= 4 is 29.2 Å². The SMILES string of the molecule is NCCN[C@@H](CC(=O)Nc1cccc(Cl)c1)C(=O)O. The minimum atomic E-state index is -1.09. The molecule has 0 fully saturated rings. The minimum absolute atomic E-state index is 0.179. The summed E-state index contributed by atoms with van der Waals surface area (Å²) < 4.78 is 0. The zero-order valence-electron chi connectivity index (χ0n) is 10.2. The van der Waals surface area contributed by atoms with E-state index in [9.17, 15) is 9.59 Å². The summed E-state index contributed by atoms with van der Waals surface area (Å²) in [5.41, 5.74) is 5.81. The quantitative estimate of drug-likeness (QED) is 0.589. The van der Waals surface area contributed by atoms with Gasteiger partial charge in [-0.2, -0.15) is 0 Å². The molecule has 0 aliphatic heterocycles. The molecule has 0 aliphatic carbocycles. The van der Waals surface area contributed by atoms with Crippen LogP contribution in [-0.4, -0.2) is 36.1 Å². The van der Waals surface area contributed by atoms with Gasteiger partial charge in [-0.05, 0) is 18.2 Å². The molecule has 0 radical (unpaired) electrons. The number of hydrogen-bond donors (Lipinski definition) is 4. The number of halogens is 1. The van der Waals surface area contributed by atoms with E-state index >= 15 is 0 Å². The van der Waals surface area contributed by atoms with Gasteiger partial charge in [0, 0.05) is 23.8 Å². The molecule has 0 spiro atoms. The van der Waals surface area contributed by atoms with Crippen LogP contribution in [-0.2, 0) is 9.59 Å². The van der Waals surface area contributed by atoms with Gasteiger partial charge >= 0.3 is 5.97 Å². The van der Waals surface area contributed by atoms with E-state index in [-0.39, 0.29) is 6.42 Å². The third-order valence-corrected chi connectivity index (χ3v) is 2.57. The van der Waals surface area contributed by atoms with Gasteiger partial charge in [0.1, 0.15) is 6.04 Å². The second-order valence-corrected chi connectivity index (χ2v) is 4.33. The highest BCUT2D eigenvalue weighted by molar-refractivity contribution is 6.30. The van der Waals surface area contributed by atoms with Crippen molar-refractivity contribution in [2.75, 3.05) is 18.4 Å². The maximum atomic E-state index is 11.7. The van der Waals surface area contributed by atoms with Crippen LogP contribution >= 0.6 is 11.6 Å². The maximum absolute atomic E-state index is 11.7. The Morgan fingerprint density at radius 2 is 2.16 bits per heavy atom. The molecule has 0 saturated carbocycles. The van der Waals surface area contributed by atoms with Gasteiger partial charge in [0.25, 0.3) is 0 Å². The predicted molar refractivity (Wildman–Crippen MR) is 73.2 cm³/mol. The number of carboxylic acid groups (broad SMARTS) is 1. The monoisotopic (exact) mass is 285 g/mol. The number of aliphatic carboxylic acids is 1. The van der Waals surface area contributed by atoms with Crippen molar-refractivity contribution in [2.24, 2.45) is 5.73 Å². The standard InChI is InChI=1S/C12H16ClN3O3/c13-8-2-1-3-9(6-8)16-11(17)7-10(12(18)19)15-5-4-14/h1-3,6,10,15H,4-5,7,14H2,(H,16,17)(H,18,19)/t10-/m0/s1. The number of rotatable bonds is 7. The molecule has 0 saturated heterocycles. The first kappa shape index (κ1) is 15.4. The number of benzene rings is 1. The Labute approximate surface area is 115 Å². The number of nitrogens with two attached hydrogens (primary N) is 1. The largest absolute Gasteiger partial charge is 0.480 e. The smallest absolute Gasteiger partial charge is 0.321 e. The Hall–Kier alpha value is -1.63. The van der Waals surface area contributed by atoms with Crippen molar-refractivity contribution < 1.29 is 14.7 Å². The first-order valence-corrected chi connectivity index (χ1v) is 6.12. The second-order valence-electron chi connectivity index (χ2n) is 3.90. The van der Waals surface area contributed by atoms with Crippen molar-refractivity contribution in [3.63, 3.8) is 0 Å². The summed E-state index contributed by atoms with van der Waals surface area (Å²) in [5, 5.41) is 14.7. The van der Waals surface area contributed by atoms with Crippen LogP contribution in [0.1, 0.15) is 6.42 Å². The molecule has 0 aromatic heterocycles. The van der Waals surface area contributed by atoms with E-state index < -0.39 is 17.9 Å². The molecule has 1 rings (SSSR count). The van der Waals surface area contributed by atoms with E-state index in [0.29, 0.717) is 23.8 Å². The summed E-state index contributed by atoms with van der Waals surface area (Å²) in [5.74, 6) is -1.49. The van der Waals surface area contributed by atoms with E-state index in [1.807, 2.05) is 0 Å². The normalized spacial score (nSPS) is 11.9. The van der Waals surface area contributed by atoms with Crippen LogP contribution < -0.4 is 16.4 Å². The lowest BCUT2D eigenvalue weighted by molar-refractivity contribution is -0.141. The van der Waals surface area contributed by atoms with Gasteiger partial charge in [-0.3, -0.25) is 9.59 Å². The van der Waals surface area contributed by atoms with Gasteiger partial charge in [-0.1, -0.05) is 17.7 Å². The van der Waals surface area contributed by atoms with Crippen LogP contribution in [0.2, 0.25) is 5.02 Å². The molecule has 19 heavy (non-hydrogen) atoms. The van der Waals surface area contributed by atoms with Gasteiger partial charge < -0.3 is 21.5 Å². The van der Waals surface area contributed by atoms with Crippen LogP contribution in [0.3, 0.4) is 0 Å². The fourth-order valence-corrected chi connectivity index (χ4v) is 1.66. The van der Waals surface area contributed by atoms with Gasteiger partial charge in [0.15, 0.2) is 0 Å². The number of carbonyl (C=O) groups is 2. The summed E-state index contributed by atoms with van der Waals surface area (Å²) >= 11 is 5.78. The minimum Gasteiger partial charge on any atom is -0.480 e. The van der Waals surface area contributed by atoms with Crippen LogP contribution in [0.4, 0.5) is 5.69 Å². The Kier molecular flexibility index (Phi) is 6.27.